The van der Waals surface area contributed by atoms with Gasteiger partial charge in [-0.1, -0.05) is 0 Å². The highest BCUT2D eigenvalue weighted by Crippen LogP contribution is 1.66. The second-order valence-corrected chi connectivity index (χ2v) is 2.37. The van der Waals surface area contributed by atoms with Crippen LogP contribution in [0.4, 0.5) is 0 Å². The van der Waals surface area contributed by atoms with Gasteiger partial charge in [-0.2, -0.15) is 0 Å². The average molecular weight is 122 g/mol. The van der Waals surface area contributed by atoms with E-state index in [-0.39, 0.29) is 0 Å². The highest BCUT2D eigenvalue weighted by Gasteiger charge is 1.48. The molecule has 0 aliphatic rings. The summed E-state index contributed by atoms with van der Waals surface area (Å²) < 4.78 is 8.46. The third kappa shape index (κ3) is 169. The molecule has 0 fully saturated rings. The quantitative estimate of drug-likeness (QED) is 0.379. The Hall–Kier alpha value is 0.592. The molecule has 0 aliphatic carbocycles. The summed E-state index contributed by atoms with van der Waals surface area (Å²) in [5.41, 5.74) is 0. The Morgan fingerprint density at radius 1 is 1.67 bits per heavy atom. The molecule has 0 unspecified atom stereocenters. The molecular formula is C2H8AlO2P. The second-order valence-electron chi connectivity index (χ2n) is 0.789. The fraction of sp³-hybridized carbons (Fsp3) is 1.00. The fourth-order valence-electron chi connectivity index (χ4n) is 0. The van der Waals surface area contributed by atoms with E-state index >= 15 is 0 Å². The van der Waals surface area contributed by atoms with Crippen LogP contribution in [0.3, 0.4) is 0 Å². The molecule has 0 saturated heterocycles. The minimum absolute atomic E-state index is 0.417. The van der Waals surface area contributed by atoms with Gasteiger partial charge in [0.15, 0.2) is 0 Å². The van der Waals surface area contributed by atoms with Gasteiger partial charge in [-0.3, -0.25) is 0 Å². The zero-order chi connectivity index (χ0) is 5.41. The first kappa shape index (κ1) is 9.78. The Kier molecular flexibility index (Phi) is 28.6. The van der Waals surface area contributed by atoms with Crippen LogP contribution in [0.2, 0.25) is 11.6 Å². The van der Waals surface area contributed by atoms with Crippen LogP contribution >= 0.6 is 8.69 Å². The standard InChI is InChI=1S/2CH3.Al.HO2P.H/c;;;1-3-2;/h2*1H3;;(H,1,2);. The summed E-state index contributed by atoms with van der Waals surface area (Å²) in [5, 5.41) is 0. The van der Waals surface area contributed by atoms with Crippen molar-refractivity contribution in [3.05, 3.63) is 0 Å². The van der Waals surface area contributed by atoms with Gasteiger partial charge in [0, 0.05) is 0 Å². The summed E-state index contributed by atoms with van der Waals surface area (Å²) in [5.74, 6) is 4.53. The van der Waals surface area contributed by atoms with E-state index in [0.717, 1.165) is 0 Å². The predicted octanol–water partition coefficient (Wildman–Crippen LogP) is 0.704. The summed E-state index contributed by atoms with van der Waals surface area (Å²) in [6, 6.07) is 0. The zero-order valence-corrected chi connectivity index (χ0v) is 6.32. The van der Waals surface area contributed by atoms with Crippen molar-refractivity contribution in [1.82, 2.24) is 0 Å². The van der Waals surface area contributed by atoms with Gasteiger partial charge in [-0.25, -0.2) is 4.57 Å². The molecule has 6 heavy (non-hydrogen) atoms. The third-order valence-electron chi connectivity index (χ3n) is 0. The summed E-state index contributed by atoms with van der Waals surface area (Å²) in [4.78, 5) is 6.99. The van der Waals surface area contributed by atoms with Crippen molar-refractivity contribution in [2.24, 2.45) is 0 Å². The molecule has 0 bridgehead atoms. The molecule has 36 valence electrons. The lowest BCUT2D eigenvalue weighted by Gasteiger charge is -1.36. The molecule has 0 heterocycles. The SMILES string of the molecule is O=PO.[CH3][AlH][CH3]. The molecule has 0 aliphatic heterocycles. The Balaban J connectivity index is 0. The lowest BCUT2D eigenvalue weighted by molar-refractivity contribution is 0.524. The van der Waals surface area contributed by atoms with Crippen molar-refractivity contribution in [3.8, 4) is 0 Å². The highest BCUT2D eigenvalue weighted by atomic mass is 31.1. The molecule has 0 saturated carbocycles. The highest BCUT2D eigenvalue weighted by molar-refractivity contribution is 7.16. The second kappa shape index (κ2) is 17.5. The van der Waals surface area contributed by atoms with Gasteiger partial charge in [-0.15, -0.1) is 11.6 Å². The minimum atomic E-state index is -0.833. The normalized spacial score (nSPS) is 5.83. The maximum absolute atomic E-state index is 8.46. The Morgan fingerprint density at radius 2 is 1.67 bits per heavy atom. The van der Waals surface area contributed by atoms with E-state index in [9.17, 15) is 0 Å². The van der Waals surface area contributed by atoms with Crippen molar-refractivity contribution in [2.45, 2.75) is 11.6 Å². The molecule has 0 rings (SSSR count). The largest absolute Gasteiger partial charge is 0.324 e. The molecule has 2 nitrogen and oxygen atoms in total. The van der Waals surface area contributed by atoms with Gasteiger partial charge in [0.25, 0.3) is 0 Å². The van der Waals surface area contributed by atoms with E-state index in [1.54, 1.807) is 0 Å². The smallest absolute Gasteiger partial charge is 0.310 e. The predicted molar refractivity (Wildman–Crippen MR) is 28.7 cm³/mol. The lowest BCUT2D eigenvalue weighted by Crippen LogP contribution is -1.53. The summed E-state index contributed by atoms with van der Waals surface area (Å²) in [7, 11) is -0.833. The molecule has 0 amide bonds. The van der Waals surface area contributed by atoms with Gasteiger partial charge < -0.3 is 4.89 Å². The third-order valence-corrected chi connectivity index (χ3v) is 0. The number of rotatable bonds is 0. The average Bonchev–Trinajstić information content (AvgIpc) is 1.39. The lowest BCUT2D eigenvalue weighted by atomic mass is 11.9. The van der Waals surface area contributed by atoms with Gasteiger partial charge >= 0.3 is 8.69 Å². The van der Waals surface area contributed by atoms with Crippen LogP contribution in [-0.4, -0.2) is 20.1 Å². The molecular weight excluding hydrogens is 114 g/mol. The monoisotopic (exact) mass is 122 g/mol. The Morgan fingerprint density at radius 3 is 1.67 bits per heavy atom. The van der Waals surface area contributed by atoms with Gasteiger partial charge in [0.1, 0.15) is 0 Å². The first-order chi connectivity index (χ1) is 2.83. The van der Waals surface area contributed by atoms with E-state index in [4.69, 9.17) is 9.46 Å². The molecule has 1 N–H and O–H groups in total. The number of hydrogen-bond acceptors (Lipinski definition) is 1. The van der Waals surface area contributed by atoms with E-state index < -0.39 is 8.69 Å². The molecule has 0 aromatic carbocycles. The first-order valence-electron chi connectivity index (χ1n) is 1.80. The fourth-order valence-corrected chi connectivity index (χ4v) is 0. The zero-order valence-electron chi connectivity index (χ0n) is 4.01. The topological polar surface area (TPSA) is 37.3 Å². The molecule has 0 aromatic rings. The van der Waals surface area contributed by atoms with Crippen molar-refractivity contribution in [2.75, 3.05) is 0 Å². The van der Waals surface area contributed by atoms with Crippen LogP contribution in [0, 0.1) is 0 Å². The van der Waals surface area contributed by atoms with Gasteiger partial charge in [-0.05, 0) is 0 Å². The van der Waals surface area contributed by atoms with E-state index in [1.165, 1.54) is 0 Å². The van der Waals surface area contributed by atoms with Crippen molar-refractivity contribution in [1.29, 1.82) is 0 Å². The van der Waals surface area contributed by atoms with Crippen LogP contribution in [0.1, 0.15) is 0 Å². The van der Waals surface area contributed by atoms with E-state index in [0.29, 0.717) is 15.2 Å². The molecule has 0 aromatic heterocycles. The summed E-state index contributed by atoms with van der Waals surface area (Å²) in [6.07, 6.45) is 0. The van der Waals surface area contributed by atoms with Crippen molar-refractivity contribution < 1.29 is 9.46 Å². The van der Waals surface area contributed by atoms with Crippen LogP contribution in [-0.2, 0) is 4.57 Å². The molecule has 0 spiro atoms. The van der Waals surface area contributed by atoms with E-state index in [1.807, 2.05) is 0 Å². The molecule has 4 heteroatoms. The Bertz CT molecular complexity index is 25.5. The Labute approximate surface area is 45.6 Å². The molecule has 0 radical (unpaired) electrons. The van der Waals surface area contributed by atoms with Crippen molar-refractivity contribution >= 4 is 23.9 Å². The first-order valence-corrected chi connectivity index (χ1v) is 5.39. The van der Waals surface area contributed by atoms with Crippen molar-refractivity contribution in [3.63, 3.8) is 0 Å². The minimum Gasteiger partial charge on any atom is -0.310 e. The number of hydrogen-bond donors (Lipinski definition) is 1. The maximum atomic E-state index is 8.46. The van der Waals surface area contributed by atoms with E-state index in [2.05, 4.69) is 11.6 Å². The van der Waals surface area contributed by atoms with Crippen LogP contribution in [0.5, 0.6) is 0 Å². The summed E-state index contributed by atoms with van der Waals surface area (Å²) >= 11 is 0.417. The molecule has 0 atom stereocenters. The van der Waals surface area contributed by atoms with Gasteiger partial charge in [0.05, 0.1) is 0 Å². The van der Waals surface area contributed by atoms with Crippen LogP contribution < -0.4 is 0 Å². The van der Waals surface area contributed by atoms with Gasteiger partial charge in [0.2, 0.25) is 15.2 Å². The van der Waals surface area contributed by atoms with Crippen LogP contribution in [0.25, 0.3) is 0 Å². The summed E-state index contributed by atoms with van der Waals surface area (Å²) in [6.45, 7) is 0. The maximum Gasteiger partial charge on any atom is 0.324 e. The van der Waals surface area contributed by atoms with Crippen LogP contribution in [0.15, 0.2) is 0 Å².